The molecular weight excluding hydrogens is 276 g/mol. The van der Waals surface area contributed by atoms with Crippen LogP contribution in [0.15, 0.2) is 36.4 Å². The highest BCUT2D eigenvalue weighted by molar-refractivity contribution is 7.22. The second-order valence-electron chi connectivity index (χ2n) is 3.84. The van der Waals surface area contributed by atoms with Crippen LogP contribution in [0.3, 0.4) is 0 Å². The molecule has 0 unspecified atom stereocenters. The smallest absolute Gasteiger partial charge is 0.213 e. The number of carbonyl (C=O) groups is 1. The molecule has 0 fully saturated rings. The molecule has 2 rings (SSSR count). The van der Waals surface area contributed by atoms with Crippen LogP contribution in [0, 0.1) is 0 Å². The van der Waals surface area contributed by atoms with Crippen molar-refractivity contribution in [2.24, 2.45) is 11.5 Å². The van der Waals surface area contributed by atoms with Gasteiger partial charge in [0.1, 0.15) is 0 Å². The summed E-state index contributed by atoms with van der Waals surface area (Å²) in [5.74, 6) is 0.273. The second kappa shape index (κ2) is 6.07. The zero-order valence-electron chi connectivity index (χ0n) is 10.8. The van der Waals surface area contributed by atoms with Gasteiger partial charge in [-0.15, -0.1) is 0 Å². The first-order valence-corrected chi connectivity index (χ1v) is 6.53. The molecule has 1 aromatic carbocycles. The van der Waals surface area contributed by atoms with Crippen LogP contribution in [-0.2, 0) is 9.53 Å². The van der Waals surface area contributed by atoms with Crippen molar-refractivity contribution >= 4 is 38.7 Å². The highest BCUT2D eigenvalue weighted by Gasteiger charge is 2.06. The summed E-state index contributed by atoms with van der Waals surface area (Å²) in [4.78, 5) is 14.7. The van der Waals surface area contributed by atoms with Gasteiger partial charge in [-0.2, -0.15) is 0 Å². The molecule has 1 amide bonds. The standard InChI is InChI=1S/C13H14N4O2S/c1-19-12(15)5-9(6-14)8-2-3-10-11(4-8)20-13(17-10)16-7-18/h2-7H,14-15H2,1H3,(H,16,17,18)/b9-6+,12-5+. The lowest BCUT2D eigenvalue weighted by molar-refractivity contribution is -0.105. The number of nitrogens with zero attached hydrogens (tertiary/aromatic N) is 1. The number of methoxy groups -OCH3 is 1. The maximum atomic E-state index is 10.4. The predicted octanol–water partition coefficient (Wildman–Crippen LogP) is 1.61. The summed E-state index contributed by atoms with van der Waals surface area (Å²) in [5, 5.41) is 3.09. The van der Waals surface area contributed by atoms with Gasteiger partial charge >= 0.3 is 0 Å². The lowest BCUT2D eigenvalue weighted by Crippen LogP contribution is -2.00. The van der Waals surface area contributed by atoms with E-state index in [9.17, 15) is 4.79 Å². The van der Waals surface area contributed by atoms with Crippen LogP contribution in [0.2, 0.25) is 0 Å². The largest absolute Gasteiger partial charge is 0.483 e. The Labute approximate surface area is 119 Å². The van der Waals surface area contributed by atoms with Gasteiger partial charge in [0.2, 0.25) is 6.41 Å². The minimum absolute atomic E-state index is 0.273. The maximum Gasteiger partial charge on any atom is 0.213 e. The van der Waals surface area contributed by atoms with Gasteiger partial charge in [-0.3, -0.25) is 4.79 Å². The van der Waals surface area contributed by atoms with E-state index in [4.69, 9.17) is 16.2 Å². The first kappa shape index (κ1) is 13.9. The fraction of sp³-hybridized carbons (Fsp3) is 0.0769. The van der Waals surface area contributed by atoms with Crippen molar-refractivity contribution < 1.29 is 9.53 Å². The topological polar surface area (TPSA) is 103 Å². The number of hydrogen-bond acceptors (Lipinski definition) is 6. The fourth-order valence-electron chi connectivity index (χ4n) is 1.66. The molecule has 0 aliphatic heterocycles. The molecule has 104 valence electrons. The van der Waals surface area contributed by atoms with E-state index in [0.717, 1.165) is 21.4 Å². The van der Waals surface area contributed by atoms with Crippen molar-refractivity contribution in [1.29, 1.82) is 0 Å². The molecule has 6 nitrogen and oxygen atoms in total. The summed E-state index contributed by atoms with van der Waals surface area (Å²) in [6, 6.07) is 5.67. The number of thiazole rings is 1. The van der Waals surface area contributed by atoms with E-state index in [1.807, 2.05) is 18.2 Å². The average molecular weight is 290 g/mol. The molecular formula is C13H14N4O2S. The van der Waals surface area contributed by atoms with Gasteiger partial charge in [0.25, 0.3) is 0 Å². The van der Waals surface area contributed by atoms with Gasteiger partial charge in [0.05, 0.1) is 17.3 Å². The third kappa shape index (κ3) is 2.89. The molecule has 0 radical (unpaired) electrons. The summed E-state index contributed by atoms with van der Waals surface area (Å²) in [5.41, 5.74) is 13.7. The zero-order chi connectivity index (χ0) is 14.5. The summed E-state index contributed by atoms with van der Waals surface area (Å²) >= 11 is 1.38. The van der Waals surface area contributed by atoms with Crippen LogP contribution in [0.5, 0.6) is 0 Å². The Morgan fingerprint density at radius 3 is 2.95 bits per heavy atom. The number of hydrogen-bond donors (Lipinski definition) is 3. The Balaban J connectivity index is 2.42. The van der Waals surface area contributed by atoms with Crippen molar-refractivity contribution in [3.8, 4) is 0 Å². The zero-order valence-corrected chi connectivity index (χ0v) is 11.6. The van der Waals surface area contributed by atoms with Crippen LogP contribution in [-0.4, -0.2) is 18.5 Å². The predicted molar refractivity (Wildman–Crippen MR) is 80.8 cm³/mol. The maximum absolute atomic E-state index is 10.4. The SMILES string of the molecule is CO/C(N)=C/C(=C\N)c1ccc2nc(NC=O)sc2c1. The van der Waals surface area contributed by atoms with E-state index in [1.54, 1.807) is 6.08 Å². The third-order valence-electron chi connectivity index (χ3n) is 2.62. The number of benzene rings is 1. The van der Waals surface area contributed by atoms with E-state index in [-0.39, 0.29) is 5.88 Å². The van der Waals surface area contributed by atoms with Crippen molar-refractivity contribution in [2.75, 3.05) is 12.4 Å². The third-order valence-corrected chi connectivity index (χ3v) is 3.57. The van der Waals surface area contributed by atoms with Gasteiger partial charge in [0.15, 0.2) is 11.0 Å². The summed E-state index contributed by atoms with van der Waals surface area (Å²) < 4.78 is 5.85. The van der Waals surface area contributed by atoms with Crippen LogP contribution in [0.25, 0.3) is 15.8 Å². The molecule has 1 heterocycles. The van der Waals surface area contributed by atoms with E-state index < -0.39 is 0 Å². The van der Waals surface area contributed by atoms with Crippen molar-refractivity contribution in [1.82, 2.24) is 4.98 Å². The van der Waals surface area contributed by atoms with Crippen LogP contribution < -0.4 is 16.8 Å². The van der Waals surface area contributed by atoms with E-state index >= 15 is 0 Å². The Bertz CT molecular complexity index is 691. The summed E-state index contributed by atoms with van der Waals surface area (Å²) in [6.07, 6.45) is 3.71. The van der Waals surface area contributed by atoms with E-state index in [2.05, 4.69) is 10.3 Å². The minimum atomic E-state index is 0.273. The van der Waals surface area contributed by atoms with Gasteiger partial charge in [-0.05, 0) is 17.7 Å². The van der Waals surface area contributed by atoms with Crippen LogP contribution in [0.4, 0.5) is 5.13 Å². The number of ether oxygens (including phenoxy) is 1. The average Bonchev–Trinajstić information content (AvgIpc) is 2.86. The van der Waals surface area contributed by atoms with Gasteiger partial charge < -0.3 is 21.5 Å². The normalized spacial score (nSPS) is 12.4. The molecule has 2 aromatic rings. The fourth-order valence-corrected chi connectivity index (χ4v) is 2.52. The first-order valence-electron chi connectivity index (χ1n) is 5.72. The van der Waals surface area contributed by atoms with Gasteiger partial charge in [-0.1, -0.05) is 17.4 Å². The van der Waals surface area contributed by atoms with Gasteiger partial charge in [0, 0.05) is 17.8 Å². The lowest BCUT2D eigenvalue weighted by atomic mass is 10.1. The number of fused-ring (bicyclic) bond motifs is 1. The van der Waals surface area contributed by atoms with E-state index in [0.29, 0.717) is 11.5 Å². The van der Waals surface area contributed by atoms with Crippen LogP contribution >= 0.6 is 11.3 Å². The lowest BCUT2D eigenvalue weighted by Gasteiger charge is -2.04. The number of anilines is 1. The molecule has 0 aliphatic carbocycles. The minimum Gasteiger partial charge on any atom is -0.483 e. The molecule has 0 spiro atoms. The quantitative estimate of drug-likeness (QED) is 0.441. The Morgan fingerprint density at radius 2 is 2.30 bits per heavy atom. The number of nitrogens with two attached hydrogens (primary N) is 2. The number of carbonyl (C=O) groups excluding carboxylic acids is 1. The molecule has 1 aromatic heterocycles. The molecule has 0 atom stereocenters. The summed E-state index contributed by atoms with van der Waals surface area (Å²) in [7, 11) is 1.49. The number of allylic oxidation sites excluding steroid dienone is 2. The van der Waals surface area contributed by atoms with Gasteiger partial charge in [-0.25, -0.2) is 4.98 Å². The highest BCUT2D eigenvalue weighted by Crippen LogP contribution is 2.29. The highest BCUT2D eigenvalue weighted by atomic mass is 32.1. The summed E-state index contributed by atoms with van der Waals surface area (Å²) in [6.45, 7) is 0. The first-order chi connectivity index (χ1) is 9.67. The van der Waals surface area contributed by atoms with E-state index in [1.165, 1.54) is 24.6 Å². The Kier molecular flexibility index (Phi) is 4.21. The molecule has 0 aliphatic rings. The molecule has 0 saturated heterocycles. The molecule has 7 heteroatoms. The molecule has 20 heavy (non-hydrogen) atoms. The van der Waals surface area contributed by atoms with Crippen molar-refractivity contribution in [2.45, 2.75) is 0 Å². The monoisotopic (exact) mass is 290 g/mol. The second-order valence-corrected chi connectivity index (χ2v) is 4.87. The molecule has 5 N–H and O–H groups in total. The number of rotatable bonds is 5. The number of amides is 1. The van der Waals surface area contributed by atoms with Crippen molar-refractivity contribution in [3.63, 3.8) is 0 Å². The Morgan fingerprint density at radius 1 is 1.50 bits per heavy atom. The van der Waals surface area contributed by atoms with Crippen LogP contribution in [0.1, 0.15) is 5.56 Å². The number of nitrogens with one attached hydrogen (secondary N) is 1. The Hall–Kier alpha value is -2.54. The number of aromatic nitrogens is 1. The molecule has 0 saturated carbocycles. The molecule has 0 bridgehead atoms. The van der Waals surface area contributed by atoms with Crippen molar-refractivity contribution in [3.05, 3.63) is 41.9 Å².